The van der Waals surface area contributed by atoms with E-state index in [0.717, 1.165) is 0 Å². The Morgan fingerprint density at radius 2 is 0.833 bits per heavy atom. The summed E-state index contributed by atoms with van der Waals surface area (Å²) in [6.07, 6.45) is 0. The van der Waals surface area contributed by atoms with Gasteiger partial charge in [0.05, 0.1) is 0 Å². The fourth-order valence-corrected chi connectivity index (χ4v) is 4.67. The Bertz CT molecular complexity index is 849. The second-order valence-electron chi connectivity index (χ2n) is 7.75. The van der Waals surface area contributed by atoms with Gasteiger partial charge in [0.15, 0.2) is 0 Å². The molecule has 0 aromatic heterocycles. The molecule has 30 heavy (non-hydrogen) atoms. The summed E-state index contributed by atoms with van der Waals surface area (Å²) in [5, 5.41) is 0. The van der Waals surface area contributed by atoms with E-state index >= 15 is 0 Å². The van der Waals surface area contributed by atoms with E-state index in [-0.39, 0.29) is 0 Å². The monoisotopic (exact) mass is 458 g/mol. The van der Waals surface area contributed by atoms with Gasteiger partial charge in [0.1, 0.15) is 5.41 Å². The van der Waals surface area contributed by atoms with Crippen molar-refractivity contribution in [1.82, 2.24) is 9.80 Å². The van der Waals surface area contributed by atoms with E-state index < -0.39 is 5.41 Å². The molecule has 3 fully saturated rings. The summed E-state index contributed by atoms with van der Waals surface area (Å²) in [6, 6.07) is 31.3. The first-order valence-corrected chi connectivity index (χ1v) is 11.4. The molecule has 0 saturated carbocycles. The average Bonchev–Trinajstić information content (AvgIpc) is 2.86. The highest BCUT2D eigenvalue weighted by atomic mass is 79.9. The van der Waals surface area contributed by atoms with Crippen LogP contribution < -0.4 is 0 Å². The second kappa shape index (κ2) is 10.1. The van der Waals surface area contributed by atoms with E-state index in [1.165, 1.54) is 56.0 Å². The maximum absolute atomic E-state index is 3.41. The number of fused-ring (bicyclic) bond motifs is 3. The Morgan fingerprint density at radius 3 is 1.07 bits per heavy atom. The maximum Gasteiger partial charge on any atom is 0.107 e. The zero-order chi connectivity index (χ0) is 20.7. The van der Waals surface area contributed by atoms with Crippen molar-refractivity contribution in [3.63, 3.8) is 0 Å². The van der Waals surface area contributed by atoms with Crippen LogP contribution >= 0.6 is 15.9 Å². The molecule has 0 radical (unpaired) electrons. The van der Waals surface area contributed by atoms with Crippen LogP contribution in [0.2, 0.25) is 0 Å². The second-order valence-corrected chi connectivity index (χ2v) is 8.15. The molecule has 0 amide bonds. The number of piperazine rings is 3. The summed E-state index contributed by atoms with van der Waals surface area (Å²) in [5.74, 6) is 3.41. The third-order valence-corrected chi connectivity index (χ3v) is 6.25. The summed E-state index contributed by atoms with van der Waals surface area (Å²) in [5.41, 5.74) is 3.02. The topological polar surface area (TPSA) is 6.48 Å². The van der Waals surface area contributed by atoms with Gasteiger partial charge in [-0.1, -0.05) is 96.9 Å². The predicted molar refractivity (Wildman–Crippen MR) is 129 cm³/mol. The minimum Gasteiger partial charge on any atom is -0.300 e. The number of halogens is 1. The third kappa shape index (κ3) is 4.52. The van der Waals surface area contributed by atoms with E-state index in [2.05, 4.69) is 109 Å². The minimum atomic E-state index is -0.479. The Hall–Kier alpha value is -2.38. The first-order chi connectivity index (χ1) is 14.8. The molecule has 3 aromatic rings. The molecule has 0 spiro atoms. The van der Waals surface area contributed by atoms with E-state index in [1.807, 2.05) is 18.2 Å². The average molecular weight is 459 g/mol. The van der Waals surface area contributed by atoms with Crippen molar-refractivity contribution >= 4 is 15.9 Å². The molecular weight excluding hydrogens is 432 g/mol. The zero-order valence-electron chi connectivity index (χ0n) is 17.2. The SMILES string of the molecule is BrC#CC(c1ccccc1)(c1ccccc1)c1ccccc1.C1CN2CCN1CC2. The molecule has 0 unspecified atom stereocenters. The number of hydrogen-bond donors (Lipinski definition) is 0. The van der Waals surface area contributed by atoms with Crippen molar-refractivity contribution < 1.29 is 0 Å². The van der Waals surface area contributed by atoms with Gasteiger partial charge in [0.2, 0.25) is 0 Å². The lowest BCUT2D eigenvalue weighted by Crippen LogP contribution is -2.55. The van der Waals surface area contributed by atoms with Crippen molar-refractivity contribution in [2.75, 3.05) is 39.3 Å². The van der Waals surface area contributed by atoms with Crippen LogP contribution in [0.15, 0.2) is 91.0 Å². The fourth-order valence-electron chi connectivity index (χ4n) is 4.37. The molecule has 152 valence electrons. The molecule has 3 aliphatic rings. The van der Waals surface area contributed by atoms with Crippen molar-refractivity contribution in [1.29, 1.82) is 0 Å². The van der Waals surface area contributed by atoms with Crippen LogP contribution in [0.4, 0.5) is 0 Å². The van der Waals surface area contributed by atoms with Crippen molar-refractivity contribution in [2.24, 2.45) is 0 Å². The molecule has 3 aromatic carbocycles. The van der Waals surface area contributed by atoms with Crippen molar-refractivity contribution in [3.05, 3.63) is 108 Å². The van der Waals surface area contributed by atoms with Crippen LogP contribution in [0.5, 0.6) is 0 Å². The maximum atomic E-state index is 3.41. The number of benzene rings is 3. The highest BCUT2D eigenvalue weighted by molar-refractivity contribution is 9.12. The fraction of sp³-hybridized carbons (Fsp3) is 0.259. The highest BCUT2D eigenvalue weighted by Gasteiger charge is 2.34. The molecule has 3 saturated heterocycles. The van der Waals surface area contributed by atoms with E-state index in [4.69, 9.17) is 0 Å². The Balaban J connectivity index is 0.000000225. The normalized spacial score (nSPS) is 19.8. The molecule has 3 heteroatoms. The van der Waals surface area contributed by atoms with Gasteiger partial charge in [-0.25, -0.2) is 0 Å². The molecule has 2 nitrogen and oxygen atoms in total. The van der Waals surface area contributed by atoms with Gasteiger partial charge in [-0.05, 0) is 21.5 Å². The van der Waals surface area contributed by atoms with E-state index in [1.54, 1.807) is 0 Å². The quantitative estimate of drug-likeness (QED) is 0.402. The lowest BCUT2D eigenvalue weighted by molar-refractivity contribution is 0.0647. The Kier molecular flexibility index (Phi) is 7.02. The van der Waals surface area contributed by atoms with Crippen LogP contribution in [-0.4, -0.2) is 49.1 Å². The van der Waals surface area contributed by atoms with E-state index in [0.29, 0.717) is 0 Å². The molecule has 6 rings (SSSR count). The summed E-state index contributed by atoms with van der Waals surface area (Å²) in [6.45, 7) is 7.92. The van der Waals surface area contributed by atoms with Gasteiger partial charge in [-0.3, -0.25) is 9.80 Å². The van der Waals surface area contributed by atoms with E-state index in [9.17, 15) is 0 Å². The zero-order valence-corrected chi connectivity index (χ0v) is 18.8. The summed E-state index contributed by atoms with van der Waals surface area (Å²) in [7, 11) is 0. The predicted octanol–water partition coefficient (Wildman–Crippen LogP) is 4.99. The summed E-state index contributed by atoms with van der Waals surface area (Å²) in [4.78, 5) is 8.05. The number of nitrogens with zero attached hydrogens (tertiary/aromatic N) is 2. The summed E-state index contributed by atoms with van der Waals surface area (Å²) < 4.78 is 0. The first kappa shape index (κ1) is 20.9. The van der Waals surface area contributed by atoms with Crippen LogP contribution in [0.1, 0.15) is 16.7 Å². The lowest BCUT2D eigenvalue weighted by atomic mass is 9.70. The third-order valence-electron chi connectivity index (χ3n) is 6.05. The van der Waals surface area contributed by atoms with Crippen LogP contribution in [0.3, 0.4) is 0 Å². The van der Waals surface area contributed by atoms with Gasteiger partial charge in [0.25, 0.3) is 0 Å². The Morgan fingerprint density at radius 1 is 0.533 bits per heavy atom. The van der Waals surface area contributed by atoms with Crippen LogP contribution in [-0.2, 0) is 5.41 Å². The minimum absolute atomic E-state index is 0.479. The van der Waals surface area contributed by atoms with Gasteiger partial charge in [0, 0.05) is 55.2 Å². The first-order valence-electron chi connectivity index (χ1n) is 10.6. The van der Waals surface area contributed by atoms with Crippen molar-refractivity contribution in [3.8, 4) is 10.8 Å². The molecule has 3 heterocycles. The Labute approximate surface area is 188 Å². The number of rotatable bonds is 3. The molecule has 0 aliphatic carbocycles. The van der Waals surface area contributed by atoms with Gasteiger partial charge < -0.3 is 0 Å². The number of hydrogen-bond acceptors (Lipinski definition) is 2. The van der Waals surface area contributed by atoms with Gasteiger partial charge in [-0.2, -0.15) is 0 Å². The van der Waals surface area contributed by atoms with Crippen LogP contribution in [0, 0.1) is 10.8 Å². The molecule has 2 bridgehead atoms. The molecule has 0 N–H and O–H groups in total. The van der Waals surface area contributed by atoms with Gasteiger partial charge >= 0.3 is 0 Å². The van der Waals surface area contributed by atoms with Crippen LogP contribution in [0.25, 0.3) is 0 Å². The molecule has 0 atom stereocenters. The highest BCUT2D eigenvalue weighted by Crippen LogP contribution is 2.38. The lowest BCUT2D eigenvalue weighted by Gasteiger charge is -2.41. The smallest absolute Gasteiger partial charge is 0.107 e. The van der Waals surface area contributed by atoms with Crippen molar-refractivity contribution in [2.45, 2.75) is 5.41 Å². The largest absolute Gasteiger partial charge is 0.300 e. The standard InChI is InChI=1S/C21H15Br.C6H12N2/c22-17-16-21(18-10-4-1-5-11-18,19-12-6-2-7-13-19)20-14-8-3-9-15-20;1-2-8-5-3-7(1)4-6-8/h1-15H;1-6H2. The molecular formula is C27H27BrN2. The summed E-state index contributed by atoms with van der Waals surface area (Å²) >= 11 is 3.32. The molecule has 3 aliphatic heterocycles. The van der Waals surface area contributed by atoms with Gasteiger partial charge in [-0.15, -0.1) is 0 Å².